The molecule has 0 unspecified atom stereocenters. The van der Waals surface area contributed by atoms with Gasteiger partial charge in [0, 0.05) is 25.7 Å². The lowest BCUT2D eigenvalue weighted by molar-refractivity contribution is -0.311. The molecule has 46 heavy (non-hydrogen) atoms. The average molecular weight is 653 g/mol. The van der Waals surface area contributed by atoms with Crippen molar-refractivity contribution in [1.82, 2.24) is 0 Å². The van der Waals surface area contributed by atoms with Gasteiger partial charge in [-0.05, 0) is 92.3 Å². The molecule has 1 aliphatic heterocycles. The van der Waals surface area contributed by atoms with Gasteiger partial charge in [-0.15, -0.1) is 0 Å². The number of carbonyl (C=O) groups is 2. The van der Waals surface area contributed by atoms with Crippen LogP contribution >= 0.6 is 0 Å². The highest BCUT2D eigenvalue weighted by Crippen LogP contribution is 2.69. The van der Waals surface area contributed by atoms with Crippen molar-refractivity contribution in [2.45, 2.75) is 155 Å². The minimum absolute atomic E-state index is 0.0987. The molecule has 264 valence electrons. The van der Waals surface area contributed by atoms with Crippen molar-refractivity contribution in [2.75, 3.05) is 13.2 Å². The van der Waals surface area contributed by atoms with Crippen LogP contribution in [-0.2, 0) is 28.5 Å². The number of fused-ring (bicyclic) bond motifs is 5. The van der Waals surface area contributed by atoms with Crippen molar-refractivity contribution in [3.8, 4) is 0 Å². The largest absolute Gasteiger partial charge is 0.466 e. The van der Waals surface area contributed by atoms with Gasteiger partial charge in [0.05, 0.1) is 31.0 Å². The predicted molar refractivity (Wildman–Crippen MR) is 169 cm³/mol. The van der Waals surface area contributed by atoms with Crippen molar-refractivity contribution in [3.63, 3.8) is 0 Å². The van der Waals surface area contributed by atoms with Crippen molar-refractivity contribution < 1.29 is 49.0 Å². The number of esters is 2. The molecule has 10 nitrogen and oxygen atoms in total. The molecular weight excluding hydrogens is 592 g/mol. The molecule has 0 aromatic carbocycles. The third-order valence-corrected chi connectivity index (χ3v) is 13.6. The summed E-state index contributed by atoms with van der Waals surface area (Å²) >= 11 is 0. The summed E-state index contributed by atoms with van der Waals surface area (Å²) < 4.78 is 22.1. The highest BCUT2D eigenvalue weighted by molar-refractivity contribution is 5.66. The van der Waals surface area contributed by atoms with Crippen LogP contribution in [0.1, 0.15) is 112 Å². The summed E-state index contributed by atoms with van der Waals surface area (Å²) in [4.78, 5) is 22.5. The molecule has 1 saturated heterocycles. The normalized spacial score (nSPS) is 46.7. The Morgan fingerprint density at radius 2 is 1.67 bits per heavy atom. The number of aliphatic hydroxyl groups excluding tert-OH is 3. The SMILES string of the molecule is CC(=O)OC[C@H](C)CCC[C@@H](C)[C@H]1CC[C@H]2[C@@H]3C[C@@H](O)[C@@]4(O)C[C@@H](O[C@@H]5OC[C@@H](OC(C)=O)[C@@H](O)[C@@H]5O)CC[C@]4(C)[C@H]3CC[C@]12C. The molecule has 4 saturated carbocycles. The van der Waals surface area contributed by atoms with Crippen LogP contribution < -0.4 is 0 Å². The lowest BCUT2D eigenvalue weighted by Crippen LogP contribution is -2.69. The smallest absolute Gasteiger partial charge is 0.303 e. The zero-order valence-electron chi connectivity index (χ0n) is 28.9. The van der Waals surface area contributed by atoms with E-state index in [1.165, 1.54) is 33.1 Å². The predicted octanol–water partition coefficient (Wildman–Crippen LogP) is 4.13. The Morgan fingerprint density at radius 3 is 2.37 bits per heavy atom. The Bertz CT molecular complexity index is 1090. The molecule has 15 atom stereocenters. The first-order valence-electron chi connectivity index (χ1n) is 17.9. The molecule has 5 rings (SSSR count). The molecule has 0 spiro atoms. The summed E-state index contributed by atoms with van der Waals surface area (Å²) in [5, 5.41) is 45.2. The second-order valence-electron chi connectivity index (χ2n) is 16.3. The van der Waals surface area contributed by atoms with Gasteiger partial charge in [0.25, 0.3) is 0 Å². The second kappa shape index (κ2) is 13.9. The van der Waals surface area contributed by atoms with E-state index >= 15 is 0 Å². The Hall–Kier alpha value is -1.30. The van der Waals surface area contributed by atoms with E-state index in [4.69, 9.17) is 18.9 Å². The van der Waals surface area contributed by atoms with Crippen LogP contribution in [0.3, 0.4) is 0 Å². The molecule has 0 bridgehead atoms. The van der Waals surface area contributed by atoms with Gasteiger partial charge in [-0.25, -0.2) is 0 Å². The third kappa shape index (κ3) is 6.65. The van der Waals surface area contributed by atoms with Crippen LogP contribution in [0.15, 0.2) is 0 Å². The lowest BCUT2D eigenvalue weighted by Gasteiger charge is -2.65. The van der Waals surface area contributed by atoms with Gasteiger partial charge in [-0.3, -0.25) is 9.59 Å². The van der Waals surface area contributed by atoms with Crippen LogP contribution in [0.25, 0.3) is 0 Å². The molecule has 5 fully saturated rings. The Kier molecular flexibility index (Phi) is 10.9. The van der Waals surface area contributed by atoms with E-state index in [-0.39, 0.29) is 24.4 Å². The zero-order chi connectivity index (χ0) is 33.6. The molecule has 1 heterocycles. The first-order valence-corrected chi connectivity index (χ1v) is 17.9. The molecule has 0 amide bonds. The van der Waals surface area contributed by atoms with Gasteiger partial charge >= 0.3 is 11.9 Å². The summed E-state index contributed by atoms with van der Waals surface area (Å²) in [6.07, 6.45) is 3.97. The number of hydrogen-bond acceptors (Lipinski definition) is 10. The fourth-order valence-corrected chi connectivity index (χ4v) is 11.1. The summed E-state index contributed by atoms with van der Waals surface area (Å²) in [5.74, 6) is 2.07. The van der Waals surface area contributed by atoms with E-state index in [9.17, 15) is 30.0 Å². The molecule has 10 heteroatoms. The van der Waals surface area contributed by atoms with E-state index in [2.05, 4.69) is 27.7 Å². The average Bonchev–Trinajstić information content (AvgIpc) is 3.34. The summed E-state index contributed by atoms with van der Waals surface area (Å²) in [5.41, 5.74) is -1.54. The van der Waals surface area contributed by atoms with Crippen LogP contribution in [0.2, 0.25) is 0 Å². The summed E-state index contributed by atoms with van der Waals surface area (Å²) in [7, 11) is 0. The summed E-state index contributed by atoms with van der Waals surface area (Å²) in [6, 6.07) is 0. The van der Waals surface area contributed by atoms with E-state index in [1.807, 2.05) is 0 Å². The van der Waals surface area contributed by atoms with E-state index < -0.39 is 53.8 Å². The summed E-state index contributed by atoms with van der Waals surface area (Å²) in [6.45, 7) is 12.3. The number of hydrogen-bond donors (Lipinski definition) is 4. The van der Waals surface area contributed by atoms with Gasteiger partial charge in [-0.1, -0.05) is 40.5 Å². The van der Waals surface area contributed by atoms with Crippen LogP contribution in [-0.4, -0.2) is 88.0 Å². The lowest BCUT2D eigenvalue weighted by atomic mass is 9.42. The van der Waals surface area contributed by atoms with Crippen molar-refractivity contribution in [2.24, 2.45) is 46.3 Å². The maximum atomic E-state index is 12.3. The fraction of sp³-hybridized carbons (Fsp3) is 0.944. The maximum Gasteiger partial charge on any atom is 0.303 e. The van der Waals surface area contributed by atoms with Gasteiger partial charge in [-0.2, -0.15) is 0 Å². The van der Waals surface area contributed by atoms with Crippen LogP contribution in [0, 0.1) is 46.3 Å². The van der Waals surface area contributed by atoms with E-state index in [0.29, 0.717) is 61.4 Å². The number of aliphatic hydroxyl groups is 4. The van der Waals surface area contributed by atoms with Crippen molar-refractivity contribution in [1.29, 1.82) is 0 Å². The fourth-order valence-electron chi connectivity index (χ4n) is 11.1. The van der Waals surface area contributed by atoms with Crippen LogP contribution in [0.5, 0.6) is 0 Å². The van der Waals surface area contributed by atoms with Gasteiger partial charge < -0.3 is 39.4 Å². The van der Waals surface area contributed by atoms with Gasteiger partial charge in [0.2, 0.25) is 0 Å². The number of rotatable bonds is 10. The maximum absolute atomic E-state index is 12.3. The van der Waals surface area contributed by atoms with Crippen LogP contribution in [0.4, 0.5) is 0 Å². The van der Waals surface area contributed by atoms with E-state index in [0.717, 1.165) is 25.7 Å². The Morgan fingerprint density at radius 1 is 0.935 bits per heavy atom. The first kappa shape index (κ1) is 36.0. The molecule has 4 aliphatic carbocycles. The molecule has 0 aromatic rings. The molecule has 0 radical (unpaired) electrons. The van der Waals surface area contributed by atoms with E-state index in [1.54, 1.807) is 0 Å². The quantitative estimate of drug-likeness (QED) is 0.200. The second-order valence-corrected chi connectivity index (χ2v) is 16.3. The van der Waals surface area contributed by atoms with Crippen molar-refractivity contribution >= 4 is 11.9 Å². The Labute approximate surface area is 274 Å². The molecule has 4 N–H and O–H groups in total. The first-order chi connectivity index (χ1) is 21.6. The molecule has 0 aromatic heterocycles. The minimum atomic E-state index is -1.40. The highest BCUT2D eigenvalue weighted by Gasteiger charge is 2.67. The van der Waals surface area contributed by atoms with Gasteiger partial charge in [0.15, 0.2) is 12.4 Å². The topological polar surface area (TPSA) is 152 Å². The Balaban J connectivity index is 1.20. The molecular formula is C36H60O10. The number of ether oxygens (including phenoxy) is 4. The van der Waals surface area contributed by atoms with Crippen molar-refractivity contribution in [3.05, 3.63) is 0 Å². The standard InChI is InChI=1S/C36H60O10/c1-20(18-43-22(3)37)8-7-9-21(2)26-10-11-27-25-16-30(39)36(42)17-24(12-15-35(36,6)28(25)13-14-34(26,27)5)46-33-32(41)31(40)29(19-44-33)45-23(4)38/h20-21,24-33,39-42H,7-19H2,1-6H3/t20-,21-,24+,25+,26-,27+,28+,29-,30-,31-,32+,33+,34-,35-,36+/m1/s1. The zero-order valence-corrected chi connectivity index (χ0v) is 28.9. The highest BCUT2D eigenvalue weighted by atomic mass is 16.7. The number of carbonyl (C=O) groups excluding carboxylic acids is 2. The monoisotopic (exact) mass is 652 g/mol. The third-order valence-electron chi connectivity index (χ3n) is 13.6. The molecule has 5 aliphatic rings. The van der Waals surface area contributed by atoms with Gasteiger partial charge in [0.1, 0.15) is 12.2 Å². The minimum Gasteiger partial charge on any atom is -0.466 e.